The molecule has 0 spiro atoms. The third-order valence-electron chi connectivity index (χ3n) is 3.74. The molecule has 6 nitrogen and oxygen atoms in total. The van der Waals surface area contributed by atoms with Crippen molar-refractivity contribution in [3.05, 3.63) is 41.3 Å². The zero-order valence-corrected chi connectivity index (χ0v) is 13.3. The second-order valence-electron chi connectivity index (χ2n) is 5.46. The summed E-state index contributed by atoms with van der Waals surface area (Å²) in [6.45, 7) is 2.33. The van der Waals surface area contributed by atoms with Crippen LogP contribution in [0.2, 0.25) is 5.02 Å². The lowest BCUT2D eigenvalue weighted by molar-refractivity contribution is 0.221. The summed E-state index contributed by atoms with van der Waals surface area (Å²) in [7, 11) is 0. The molecule has 1 aliphatic rings. The highest BCUT2D eigenvalue weighted by molar-refractivity contribution is 6.30. The Hall–Kier alpha value is -2.39. The van der Waals surface area contributed by atoms with Gasteiger partial charge in [0.25, 0.3) is 0 Å². The molecule has 23 heavy (non-hydrogen) atoms. The van der Waals surface area contributed by atoms with Gasteiger partial charge in [0.05, 0.1) is 35.7 Å². The van der Waals surface area contributed by atoms with Gasteiger partial charge in [0.15, 0.2) is 0 Å². The summed E-state index contributed by atoms with van der Waals surface area (Å²) in [5.74, 6) is 1.56. The number of aromatic nitrogens is 3. The Bertz CT molecular complexity index is 700. The van der Waals surface area contributed by atoms with Crippen LogP contribution in [0.3, 0.4) is 0 Å². The molecule has 3 rings (SSSR count). The van der Waals surface area contributed by atoms with Crippen LogP contribution in [0.4, 0.5) is 5.95 Å². The lowest BCUT2D eigenvalue weighted by atomic mass is 9.99. The van der Waals surface area contributed by atoms with Crippen molar-refractivity contribution in [1.29, 1.82) is 5.26 Å². The van der Waals surface area contributed by atoms with Crippen LogP contribution in [0, 0.1) is 17.2 Å². The summed E-state index contributed by atoms with van der Waals surface area (Å²) >= 11 is 5.83. The van der Waals surface area contributed by atoms with Crippen LogP contribution < -0.4 is 9.64 Å². The average Bonchev–Trinajstić information content (AvgIpc) is 2.61. The van der Waals surface area contributed by atoms with E-state index in [1.54, 1.807) is 30.7 Å². The monoisotopic (exact) mass is 329 g/mol. The highest BCUT2D eigenvalue weighted by Crippen LogP contribution is 2.21. The number of anilines is 1. The summed E-state index contributed by atoms with van der Waals surface area (Å²) in [5, 5.41) is 9.43. The Kier molecular flexibility index (Phi) is 4.89. The topological polar surface area (TPSA) is 74.9 Å². The van der Waals surface area contributed by atoms with Crippen molar-refractivity contribution in [3.8, 4) is 11.9 Å². The van der Waals surface area contributed by atoms with E-state index in [2.05, 4.69) is 25.9 Å². The molecule has 7 heteroatoms. The fourth-order valence-corrected chi connectivity index (χ4v) is 2.71. The molecule has 2 aromatic heterocycles. The van der Waals surface area contributed by atoms with E-state index >= 15 is 0 Å². The van der Waals surface area contributed by atoms with Crippen LogP contribution in [0.5, 0.6) is 5.88 Å². The van der Waals surface area contributed by atoms with Crippen molar-refractivity contribution < 1.29 is 4.74 Å². The van der Waals surface area contributed by atoms with Gasteiger partial charge in [-0.2, -0.15) is 5.26 Å². The van der Waals surface area contributed by atoms with Gasteiger partial charge in [-0.3, -0.25) is 0 Å². The van der Waals surface area contributed by atoms with Gasteiger partial charge in [-0.05, 0) is 18.9 Å². The van der Waals surface area contributed by atoms with Crippen molar-refractivity contribution in [3.63, 3.8) is 0 Å². The summed E-state index contributed by atoms with van der Waals surface area (Å²) in [5.41, 5.74) is 0.551. The van der Waals surface area contributed by atoms with Crippen molar-refractivity contribution in [2.75, 3.05) is 24.6 Å². The Labute approximate surface area is 139 Å². The van der Waals surface area contributed by atoms with Gasteiger partial charge in [-0.1, -0.05) is 11.6 Å². The van der Waals surface area contributed by atoms with Crippen LogP contribution >= 0.6 is 11.6 Å². The molecule has 1 aliphatic heterocycles. The molecule has 0 aromatic carbocycles. The maximum absolute atomic E-state index is 8.90. The maximum atomic E-state index is 8.90. The van der Waals surface area contributed by atoms with E-state index in [0.717, 1.165) is 25.9 Å². The minimum Gasteiger partial charge on any atom is -0.477 e. The van der Waals surface area contributed by atoms with E-state index in [9.17, 15) is 0 Å². The molecule has 1 fully saturated rings. The van der Waals surface area contributed by atoms with Gasteiger partial charge in [-0.15, -0.1) is 0 Å². The summed E-state index contributed by atoms with van der Waals surface area (Å²) < 4.78 is 5.74. The molecule has 118 valence electrons. The lowest BCUT2D eigenvalue weighted by Crippen LogP contribution is -2.38. The smallest absolute Gasteiger partial charge is 0.225 e. The number of halogens is 1. The number of piperidine rings is 1. The predicted octanol–water partition coefficient (Wildman–Crippen LogP) is 2.69. The van der Waals surface area contributed by atoms with E-state index in [0.29, 0.717) is 34.9 Å². The van der Waals surface area contributed by atoms with E-state index in [1.807, 2.05) is 0 Å². The molecule has 0 N–H and O–H groups in total. The third-order valence-corrected chi connectivity index (χ3v) is 3.93. The highest BCUT2D eigenvalue weighted by Gasteiger charge is 2.22. The first kappa shape index (κ1) is 15.5. The molecule has 1 atom stereocenters. The standard InChI is InChI=1S/C16H16ClN5O/c17-14-8-20-16(21-9-14)22-5-1-2-13(10-22)11-23-15-6-12(7-18)3-4-19-15/h3-4,6,8-9,13H,1-2,5,10-11H2. The van der Waals surface area contributed by atoms with Crippen molar-refractivity contribution in [2.24, 2.45) is 5.92 Å². The SMILES string of the molecule is N#Cc1ccnc(OCC2CCCN(c3ncc(Cl)cn3)C2)c1. The van der Waals surface area contributed by atoms with Gasteiger partial charge < -0.3 is 9.64 Å². The Balaban J connectivity index is 1.58. The lowest BCUT2D eigenvalue weighted by Gasteiger charge is -2.32. The van der Waals surface area contributed by atoms with Gasteiger partial charge >= 0.3 is 0 Å². The zero-order valence-electron chi connectivity index (χ0n) is 12.5. The summed E-state index contributed by atoms with van der Waals surface area (Å²) in [6.07, 6.45) is 6.96. The van der Waals surface area contributed by atoms with Gasteiger partial charge in [-0.25, -0.2) is 15.0 Å². The maximum Gasteiger partial charge on any atom is 0.225 e. The number of hydrogen-bond acceptors (Lipinski definition) is 6. The molecule has 1 saturated heterocycles. The second kappa shape index (κ2) is 7.25. The first-order chi connectivity index (χ1) is 11.2. The highest BCUT2D eigenvalue weighted by atomic mass is 35.5. The van der Waals surface area contributed by atoms with Crippen LogP contribution in [0.25, 0.3) is 0 Å². The summed E-state index contributed by atoms with van der Waals surface area (Å²) in [6, 6.07) is 5.40. The number of nitriles is 1. The Morgan fingerprint density at radius 3 is 2.96 bits per heavy atom. The van der Waals surface area contributed by atoms with Crippen LogP contribution in [-0.4, -0.2) is 34.6 Å². The molecule has 3 heterocycles. The Morgan fingerprint density at radius 1 is 1.35 bits per heavy atom. The van der Waals surface area contributed by atoms with Gasteiger partial charge in [0.1, 0.15) is 0 Å². The number of pyridine rings is 1. The minimum absolute atomic E-state index is 0.371. The van der Waals surface area contributed by atoms with E-state index in [-0.39, 0.29) is 0 Å². The van der Waals surface area contributed by atoms with Gasteiger partial charge in [0, 0.05) is 31.3 Å². The molecule has 2 aromatic rings. The van der Waals surface area contributed by atoms with Crippen LogP contribution in [-0.2, 0) is 0 Å². The molecule has 0 aliphatic carbocycles. The number of rotatable bonds is 4. The molecule has 0 saturated carbocycles. The molecule has 1 unspecified atom stereocenters. The van der Waals surface area contributed by atoms with Crippen molar-refractivity contribution in [2.45, 2.75) is 12.8 Å². The fourth-order valence-electron chi connectivity index (χ4n) is 2.61. The van der Waals surface area contributed by atoms with Crippen molar-refractivity contribution >= 4 is 17.5 Å². The number of hydrogen-bond donors (Lipinski definition) is 0. The van der Waals surface area contributed by atoms with E-state index in [4.69, 9.17) is 21.6 Å². The molecule has 0 bridgehead atoms. The van der Waals surface area contributed by atoms with Crippen molar-refractivity contribution in [1.82, 2.24) is 15.0 Å². The van der Waals surface area contributed by atoms with Crippen LogP contribution in [0.15, 0.2) is 30.7 Å². The number of ether oxygens (including phenoxy) is 1. The van der Waals surface area contributed by atoms with E-state index in [1.165, 1.54) is 0 Å². The van der Waals surface area contributed by atoms with Crippen LogP contribution in [0.1, 0.15) is 18.4 Å². The first-order valence-corrected chi connectivity index (χ1v) is 7.84. The predicted molar refractivity (Wildman–Crippen MR) is 86.4 cm³/mol. The molecular weight excluding hydrogens is 314 g/mol. The summed E-state index contributed by atoms with van der Waals surface area (Å²) in [4.78, 5) is 14.8. The zero-order chi connectivity index (χ0) is 16.1. The van der Waals surface area contributed by atoms with Gasteiger partial charge in [0.2, 0.25) is 11.8 Å². The van der Waals surface area contributed by atoms with E-state index < -0.39 is 0 Å². The fraction of sp³-hybridized carbons (Fsp3) is 0.375. The quantitative estimate of drug-likeness (QED) is 0.858. The largest absolute Gasteiger partial charge is 0.477 e. The number of nitrogens with zero attached hydrogens (tertiary/aromatic N) is 5. The normalized spacial score (nSPS) is 17.6. The molecule has 0 amide bonds. The molecule has 0 radical (unpaired) electrons. The Morgan fingerprint density at radius 2 is 2.17 bits per heavy atom. The minimum atomic E-state index is 0.371. The molecular formula is C16H16ClN5O. The first-order valence-electron chi connectivity index (χ1n) is 7.46. The third kappa shape index (κ3) is 4.08. The second-order valence-corrected chi connectivity index (χ2v) is 5.90. The average molecular weight is 330 g/mol.